The molecule has 25 heavy (non-hydrogen) atoms. The van der Waals surface area contributed by atoms with Crippen LogP contribution >= 0.6 is 0 Å². The normalized spacial score (nSPS) is 44.2. The van der Waals surface area contributed by atoms with E-state index in [1.165, 1.54) is 38.5 Å². The monoisotopic (exact) mass is 347 g/mol. The summed E-state index contributed by atoms with van der Waals surface area (Å²) in [5.74, 6) is 2.27. The molecule has 2 amide bonds. The number of fused-ring (bicyclic) bond motifs is 2. The molecule has 7 unspecified atom stereocenters. The van der Waals surface area contributed by atoms with Gasteiger partial charge in [0.05, 0.1) is 6.04 Å². The molecule has 0 aromatic rings. The number of hydrogen-bond donors (Lipinski definition) is 3. The van der Waals surface area contributed by atoms with Crippen molar-refractivity contribution in [1.82, 2.24) is 16.0 Å². The quantitative estimate of drug-likeness (QED) is 0.715. The molecule has 4 fully saturated rings. The van der Waals surface area contributed by atoms with Crippen LogP contribution in [0.1, 0.15) is 64.7 Å². The number of carbonyl (C=O) groups is 2. The fourth-order valence-electron chi connectivity index (χ4n) is 6.02. The van der Waals surface area contributed by atoms with Gasteiger partial charge in [0.15, 0.2) is 0 Å². The first kappa shape index (κ1) is 17.3. The molecule has 2 saturated heterocycles. The van der Waals surface area contributed by atoms with Gasteiger partial charge in [-0.3, -0.25) is 9.59 Å². The number of rotatable bonds is 2. The van der Waals surface area contributed by atoms with Crippen LogP contribution < -0.4 is 16.0 Å². The molecule has 0 spiro atoms. The van der Waals surface area contributed by atoms with Gasteiger partial charge in [-0.1, -0.05) is 32.6 Å². The smallest absolute Gasteiger partial charge is 0.242 e. The maximum absolute atomic E-state index is 12.9. The van der Waals surface area contributed by atoms with E-state index in [0.717, 1.165) is 25.8 Å². The molecule has 2 heterocycles. The Labute approximate surface area is 151 Å². The Hall–Kier alpha value is -1.10. The maximum atomic E-state index is 12.9. The summed E-state index contributed by atoms with van der Waals surface area (Å²) < 4.78 is 0. The minimum absolute atomic E-state index is 0.0338. The van der Waals surface area contributed by atoms with Gasteiger partial charge in [0.2, 0.25) is 11.8 Å². The highest BCUT2D eigenvalue weighted by Crippen LogP contribution is 2.38. The Bertz CT molecular complexity index is 523. The largest absolute Gasteiger partial charge is 0.354 e. The molecule has 4 rings (SSSR count). The third kappa shape index (κ3) is 3.44. The van der Waals surface area contributed by atoms with Crippen LogP contribution in [0, 0.1) is 23.7 Å². The van der Waals surface area contributed by atoms with Crippen molar-refractivity contribution < 1.29 is 9.59 Å². The van der Waals surface area contributed by atoms with Crippen LogP contribution in [0.25, 0.3) is 0 Å². The van der Waals surface area contributed by atoms with Gasteiger partial charge >= 0.3 is 0 Å². The topological polar surface area (TPSA) is 70.2 Å². The zero-order valence-corrected chi connectivity index (χ0v) is 15.4. The summed E-state index contributed by atoms with van der Waals surface area (Å²) in [7, 11) is 0. The zero-order chi connectivity index (χ0) is 17.4. The highest BCUT2D eigenvalue weighted by Gasteiger charge is 2.44. The van der Waals surface area contributed by atoms with Gasteiger partial charge in [-0.25, -0.2) is 0 Å². The predicted molar refractivity (Wildman–Crippen MR) is 96.8 cm³/mol. The van der Waals surface area contributed by atoms with Gasteiger partial charge in [-0.2, -0.15) is 0 Å². The minimum Gasteiger partial charge on any atom is -0.354 e. The van der Waals surface area contributed by atoms with Gasteiger partial charge in [0.1, 0.15) is 6.04 Å². The van der Waals surface area contributed by atoms with E-state index in [2.05, 4.69) is 22.9 Å². The molecular weight excluding hydrogens is 314 g/mol. The second-order valence-corrected chi connectivity index (χ2v) is 8.92. The molecule has 7 atom stereocenters. The fourth-order valence-corrected chi connectivity index (χ4v) is 6.02. The Morgan fingerprint density at radius 2 is 1.84 bits per heavy atom. The summed E-state index contributed by atoms with van der Waals surface area (Å²) in [5.41, 5.74) is 0. The molecule has 4 aliphatic rings. The Morgan fingerprint density at radius 3 is 2.68 bits per heavy atom. The molecule has 0 aromatic carbocycles. The minimum atomic E-state index is -0.331. The van der Waals surface area contributed by atoms with Crippen molar-refractivity contribution in [3.63, 3.8) is 0 Å². The molecule has 0 radical (unpaired) electrons. The van der Waals surface area contributed by atoms with E-state index in [0.29, 0.717) is 29.7 Å². The van der Waals surface area contributed by atoms with E-state index in [4.69, 9.17) is 0 Å². The van der Waals surface area contributed by atoms with Gasteiger partial charge in [-0.15, -0.1) is 0 Å². The summed E-state index contributed by atoms with van der Waals surface area (Å²) in [5, 5.41) is 9.78. The molecule has 5 nitrogen and oxygen atoms in total. The highest BCUT2D eigenvalue weighted by atomic mass is 16.2. The van der Waals surface area contributed by atoms with E-state index in [1.807, 2.05) is 0 Å². The van der Waals surface area contributed by atoms with Crippen molar-refractivity contribution in [2.45, 2.75) is 82.8 Å². The molecule has 0 aromatic heterocycles. The third-order valence-corrected chi connectivity index (χ3v) is 7.39. The maximum Gasteiger partial charge on any atom is 0.242 e. The molecule has 2 aliphatic carbocycles. The fraction of sp³-hybridized carbons (Fsp3) is 0.900. The first-order chi connectivity index (χ1) is 12.1. The predicted octanol–water partition coefficient (Wildman–Crippen LogP) is 1.96. The van der Waals surface area contributed by atoms with Gasteiger partial charge in [0.25, 0.3) is 0 Å². The van der Waals surface area contributed by atoms with Crippen molar-refractivity contribution in [2.24, 2.45) is 23.7 Å². The van der Waals surface area contributed by atoms with Crippen LogP contribution in [0.3, 0.4) is 0 Å². The van der Waals surface area contributed by atoms with E-state index >= 15 is 0 Å². The van der Waals surface area contributed by atoms with Crippen molar-refractivity contribution in [1.29, 1.82) is 0 Å². The number of hydrogen-bond acceptors (Lipinski definition) is 3. The summed E-state index contributed by atoms with van der Waals surface area (Å²) >= 11 is 0. The molecule has 0 bridgehead atoms. The summed E-state index contributed by atoms with van der Waals surface area (Å²) in [4.78, 5) is 25.5. The number of amides is 2. The first-order valence-electron chi connectivity index (χ1n) is 10.5. The summed E-state index contributed by atoms with van der Waals surface area (Å²) in [6.45, 7) is 3.06. The number of nitrogens with one attached hydrogen (secondary N) is 3. The van der Waals surface area contributed by atoms with Crippen LogP contribution in [-0.4, -0.2) is 36.5 Å². The van der Waals surface area contributed by atoms with Crippen molar-refractivity contribution >= 4 is 11.8 Å². The summed E-state index contributed by atoms with van der Waals surface area (Å²) in [6.07, 6.45) is 10.5. The Balaban J connectivity index is 1.43. The van der Waals surface area contributed by atoms with Crippen molar-refractivity contribution in [3.05, 3.63) is 0 Å². The average molecular weight is 348 g/mol. The van der Waals surface area contributed by atoms with Crippen LogP contribution in [0.15, 0.2) is 0 Å². The molecule has 5 heteroatoms. The lowest BCUT2D eigenvalue weighted by Gasteiger charge is -2.34. The molecule has 2 saturated carbocycles. The average Bonchev–Trinajstić information content (AvgIpc) is 2.99. The van der Waals surface area contributed by atoms with Crippen LogP contribution in [0.5, 0.6) is 0 Å². The highest BCUT2D eigenvalue weighted by molar-refractivity contribution is 5.90. The van der Waals surface area contributed by atoms with Crippen LogP contribution in [0.2, 0.25) is 0 Å². The summed E-state index contributed by atoms with van der Waals surface area (Å²) in [6, 6.07) is 0.0330. The van der Waals surface area contributed by atoms with Crippen LogP contribution in [-0.2, 0) is 9.59 Å². The lowest BCUT2D eigenvalue weighted by molar-refractivity contribution is -0.131. The lowest BCUT2D eigenvalue weighted by Crippen LogP contribution is -2.55. The first-order valence-corrected chi connectivity index (χ1v) is 10.5. The molecule has 3 N–H and O–H groups in total. The Kier molecular flexibility index (Phi) is 5.03. The van der Waals surface area contributed by atoms with E-state index in [1.54, 1.807) is 0 Å². The van der Waals surface area contributed by atoms with Crippen molar-refractivity contribution in [3.8, 4) is 0 Å². The third-order valence-electron chi connectivity index (χ3n) is 7.39. The molecule has 2 aliphatic heterocycles. The van der Waals surface area contributed by atoms with E-state index < -0.39 is 0 Å². The Morgan fingerprint density at radius 1 is 1.04 bits per heavy atom. The van der Waals surface area contributed by atoms with Crippen molar-refractivity contribution in [2.75, 3.05) is 6.54 Å². The lowest BCUT2D eigenvalue weighted by atomic mass is 9.74. The SMILES string of the molecule is CC1CCCC2CC(C(=O)NC3C(=O)NCCC4CCCCC43)NC12. The van der Waals surface area contributed by atoms with Gasteiger partial charge < -0.3 is 16.0 Å². The van der Waals surface area contributed by atoms with Gasteiger partial charge in [0, 0.05) is 12.6 Å². The molecule has 140 valence electrons. The van der Waals surface area contributed by atoms with E-state index in [9.17, 15) is 9.59 Å². The van der Waals surface area contributed by atoms with Crippen LogP contribution in [0.4, 0.5) is 0 Å². The second-order valence-electron chi connectivity index (χ2n) is 8.92. The second kappa shape index (κ2) is 7.26. The molecular formula is C20H33N3O2. The van der Waals surface area contributed by atoms with Gasteiger partial charge in [-0.05, 0) is 55.8 Å². The zero-order valence-electron chi connectivity index (χ0n) is 15.4. The standard InChI is InChI=1S/C20H33N3O2/c1-12-5-4-7-14-11-16(22-17(12)14)19(24)23-18-15-8-3-2-6-13(15)9-10-21-20(18)25/h12-18,22H,2-11H2,1H3,(H,21,25)(H,23,24). The number of carbonyl (C=O) groups excluding carboxylic acids is 2. The van der Waals surface area contributed by atoms with E-state index in [-0.39, 0.29) is 23.9 Å².